The number of aromatic nitrogens is 4. The van der Waals surface area contributed by atoms with Crippen LogP contribution in [0.15, 0.2) is 71.4 Å². The van der Waals surface area contributed by atoms with Crippen LogP contribution in [0, 0.1) is 0 Å². The maximum absolute atomic E-state index is 13.1. The number of rotatable bonds is 4. The monoisotopic (exact) mass is 514 g/mol. The molecule has 1 aliphatic rings. The van der Waals surface area contributed by atoms with Gasteiger partial charge in [0, 0.05) is 84.2 Å². The zero-order valence-electron chi connectivity index (χ0n) is 17.8. The van der Waals surface area contributed by atoms with Gasteiger partial charge in [0.15, 0.2) is 5.16 Å². The smallest absolute Gasteiger partial charge is 0.289 e. The summed E-state index contributed by atoms with van der Waals surface area (Å²) in [4.78, 5) is 29.8. The molecule has 174 valence electrons. The van der Waals surface area contributed by atoms with E-state index in [0.29, 0.717) is 15.7 Å². The summed E-state index contributed by atoms with van der Waals surface area (Å²) in [5.41, 5.74) is 2.47. The Balaban J connectivity index is 1.21. The van der Waals surface area contributed by atoms with Crippen molar-refractivity contribution in [3.05, 3.63) is 66.2 Å². The summed E-state index contributed by atoms with van der Waals surface area (Å²) in [7, 11) is -3.72. The van der Waals surface area contributed by atoms with Crippen molar-refractivity contribution in [2.24, 2.45) is 0 Å². The minimum absolute atomic E-state index is 0.113. The minimum atomic E-state index is -3.72. The molecule has 4 heterocycles. The van der Waals surface area contributed by atoms with E-state index in [9.17, 15) is 13.2 Å². The molecule has 0 aliphatic carbocycles. The number of carbonyl (C=O) groups is 1. The van der Waals surface area contributed by atoms with Crippen LogP contribution >= 0.6 is 23.4 Å². The van der Waals surface area contributed by atoms with E-state index in [1.54, 1.807) is 54.0 Å². The minimum Gasteiger partial charge on any atom is -0.345 e. The van der Waals surface area contributed by atoms with Gasteiger partial charge in [0.25, 0.3) is 15.3 Å². The van der Waals surface area contributed by atoms with Gasteiger partial charge in [-0.1, -0.05) is 11.6 Å². The molecule has 0 atom stereocenters. The van der Waals surface area contributed by atoms with Gasteiger partial charge < -0.3 is 9.88 Å². The zero-order chi connectivity index (χ0) is 23.7. The molecule has 3 aromatic heterocycles. The van der Waals surface area contributed by atoms with Gasteiger partial charge in [0.05, 0.1) is 0 Å². The van der Waals surface area contributed by atoms with E-state index in [-0.39, 0.29) is 36.4 Å². The van der Waals surface area contributed by atoms with E-state index in [4.69, 9.17) is 11.6 Å². The molecule has 1 saturated heterocycles. The normalized spacial score (nSPS) is 15.0. The van der Waals surface area contributed by atoms with Crippen LogP contribution in [0.3, 0.4) is 0 Å². The van der Waals surface area contributed by atoms with Gasteiger partial charge in [0.2, 0.25) is 0 Å². The maximum Gasteiger partial charge on any atom is 0.289 e. The van der Waals surface area contributed by atoms with Gasteiger partial charge >= 0.3 is 0 Å². The number of sulfonamides is 1. The third-order valence-electron chi connectivity index (χ3n) is 5.49. The van der Waals surface area contributed by atoms with Crippen molar-refractivity contribution in [2.75, 3.05) is 26.2 Å². The van der Waals surface area contributed by atoms with Crippen LogP contribution in [0.25, 0.3) is 22.0 Å². The Hall–Kier alpha value is -2.99. The highest BCUT2D eigenvalue weighted by Crippen LogP contribution is 2.26. The average molecular weight is 515 g/mol. The van der Waals surface area contributed by atoms with Crippen molar-refractivity contribution in [2.45, 2.75) is 10.2 Å². The number of thioether (sulfide) groups is 1. The van der Waals surface area contributed by atoms with E-state index in [1.165, 1.54) is 4.31 Å². The summed E-state index contributed by atoms with van der Waals surface area (Å²) >= 11 is 6.94. The molecular formula is C22H19ClN6O3S2. The number of piperazine rings is 1. The molecule has 9 nitrogen and oxygen atoms in total. The van der Waals surface area contributed by atoms with Gasteiger partial charge in [-0.05, 0) is 42.0 Å². The number of nitrogens with one attached hydrogen (secondary N) is 1. The number of hydrogen-bond donors (Lipinski definition) is 1. The Morgan fingerprint density at radius 1 is 0.971 bits per heavy atom. The van der Waals surface area contributed by atoms with Gasteiger partial charge in [-0.15, -0.1) is 0 Å². The fraction of sp³-hybridized carbons (Fsp3) is 0.182. The fourth-order valence-electron chi connectivity index (χ4n) is 3.67. The Morgan fingerprint density at radius 2 is 1.68 bits per heavy atom. The molecule has 0 saturated carbocycles. The molecule has 0 radical (unpaired) electrons. The lowest BCUT2D eigenvalue weighted by molar-refractivity contribution is 0.194. The molecule has 4 aromatic rings. The third kappa shape index (κ3) is 4.64. The Morgan fingerprint density at radius 3 is 2.38 bits per heavy atom. The number of amides is 1. The molecule has 1 amide bonds. The summed E-state index contributed by atoms with van der Waals surface area (Å²) in [6.07, 6.45) is 6.70. The predicted molar refractivity (Wildman–Crippen MR) is 130 cm³/mol. The van der Waals surface area contributed by atoms with E-state index in [0.717, 1.165) is 28.3 Å². The van der Waals surface area contributed by atoms with E-state index < -0.39 is 10.0 Å². The lowest BCUT2D eigenvalue weighted by atomic mass is 10.1. The first-order valence-corrected chi connectivity index (χ1v) is 13.0. The van der Waals surface area contributed by atoms with Crippen molar-refractivity contribution in [1.29, 1.82) is 0 Å². The van der Waals surface area contributed by atoms with Crippen molar-refractivity contribution >= 4 is 49.5 Å². The molecule has 1 N–H and O–H groups in total. The summed E-state index contributed by atoms with van der Waals surface area (Å²) in [6.45, 7) is 0.970. The number of carbonyl (C=O) groups excluding carboxylic acids is 1. The van der Waals surface area contributed by atoms with E-state index >= 15 is 0 Å². The first kappa shape index (κ1) is 22.8. The summed E-state index contributed by atoms with van der Waals surface area (Å²) in [5.74, 6) is 0. The number of benzene rings is 1. The third-order valence-corrected chi connectivity index (χ3v) is 8.38. The fourth-order valence-corrected chi connectivity index (χ4v) is 5.97. The Bertz CT molecular complexity index is 1440. The molecule has 5 rings (SSSR count). The number of pyridine rings is 1. The first-order valence-electron chi connectivity index (χ1n) is 10.4. The van der Waals surface area contributed by atoms with Crippen LogP contribution in [0.4, 0.5) is 4.79 Å². The number of hydrogen-bond acceptors (Lipinski definition) is 7. The van der Waals surface area contributed by atoms with E-state index in [1.807, 2.05) is 12.1 Å². The molecule has 1 aromatic carbocycles. The van der Waals surface area contributed by atoms with Crippen LogP contribution in [-0.4, -0.2) is 69.0 Å². The quantitative estimate of drug-likeness (QED) is 0.324. The van der Waals surface area contributed by atoms with Gasteiger partial charge in [-0.25, -0.2) is 18.4 Å². The van der Waals surface area contributed by atoms with Crippen LogP contribution in [-0.2, 0) is 10.0 Å². The lowest BCUT2D eigenvalue weighted by Gasteiger charge is -2.33. The number of aromatic amines is 1. The van der Waals surface area contributed by atoms with Crippen LogP contribution in [0.5, 0.6) is 0 Å². The van der Waals surface area contributed by atoms with Gasteiger partial charge in [-0.3, -0.25) is 9.78 Å². The SMILES string of the molecule is O=C(Sc1ncc(-c2ccncc2)cn1)N1CCN(S(=O)(=O)c2cc3cc(Cl)ccc3[nH]2)CC1. The second kappa shape index (κ2) is 9.34. The van der Waals surface area contributed by atoms with Crippen molar-refractivity contribution < 1.29 is 13.2 Å². The average Bonchev–Trinajstić information content (AvgIpc) is 3.29. The van der Waals surface area contributed by atoms with E-state index in [2.05, 4.69) is 19.9 Å². The topological polar surface area (TPSA) is 112 Å². The summed E-state index contributed by atoms with van der Waals surface area (Å²) in [5, 5.41) is 1.51. The largest absolute Gasteiger partial charge is 0.345 e. The number of H-pyrrole nitrogens is 1. The lowest BCUT2D eigenvalue weighted by Crippen LogP contribution is -2.49. The highest BCUT2D eigenvalue weighted by molar-refractivity contribution is 8.13. The summed E-state index contributed by atoms with van der Waals surface area (Å²) < 4.78 is 27.6. The standard InChI is InChI=1S/C22H19ClN6O3S2/c23-18-1-2-19-16(11-18)12-20(27-19)34(31,32)29-9-7-28(8-10-29)22(30)33-21-25-13-17(14-26-21)15-3-5-24-6-4-15/h1-6,11-14,27H,7-10H2. The van der Waals surface area contributed by atoms with Crippen LogP contribution in [0.1, 0.15) is 0 Å². The highest BCUT2D eigenvalue weighted by Gasteiger charge is 2.31. The second-order valence-electron chi connectivity index (χ2n) is 7.61. The highest BCUT2D eigenvalue weighted by atomic mass is 35.5. The van der Waals surface area contributed by atoms with Crippen molar-refractivity contribution in [3.8, 4) is 11.1 Å². The molecule has 34 heavy (non-hydrogen) atoms. The van der Waals surface area contributed by atoms with Gasteiger partial charge in [-0.2, -0.15) is 4.31 Å². The van der Waals surface area contributed by atoms with Crippen molar-refractivity contribution in [1.82, 2.24) is 29.1 Å². The Labute approximate surface area is 205 Å². The second-order valence-corrected chi connectivity index (χ2v) is 10.9. The first-order chi connectivity index (χ1) is 16.4. The molecule has 0 unspecified atom stereocenters. The molecule has 0 bridgehead atoms. The predicted octanol–water partition coefficient (Wildman–Crippen LogP) is 3.89. The molecule has 1 fully saturated rings. The number of nitrogens with zero attached hydrogens (tertiary/aromatic N) is 5. The Kier molecular flexibility index (Phi) is 6.26. The molecular weight excluding hydrogens is 496 g/mol. The molecule has 1 aliphatic heterocycles. The molecule has 12 heteroatoms. The number of fused-ring (bicyclic) bond motifs is 1. The van der Waals surface area contributed by atoms with Crippen molar-refractivity contribution in [3.63, 3.8) is 0 Å². The van der Waals surface area contributed by atoms with Crippen LogP contribution in [0.2, 0.25) is 5.02 Å². The molecule has 0 spiro atoms. The maximum atomic E-state index is 13.1. The van der Waals surface area contributed by atoms with Gasteiger partial charge in [0.1, 0.15) is 5.03 Å². The zero-order valence-corrected chi connectivity index (χ0v) is 20.1. The number of halogens is 1. The summed E-state index contributed by atoms with van der Waals surface area (Å²) in [6, 6.07) is 10.5. The van der Waals surface area contributed by atoms with Crippen LogP contribution < -0.4 is 0 Å².